The lowest BCUT2D eigenvalue weighted by Gasteiger charge is -2.42. The van der Waals surface area contributed by atoms with Gasteiger partial charge in [0.15, 0.2) is 0 Å². The molecule has 1 aromatic heterocycles. The van der Waals surface area contributed by atoms with Gasteiger partial charge in [-0.05, 0) is 42.7 Å². The maximum atomic E-state index is 13.2. The maximum Gasteiger partial charge on any atom is 0.323 e. The number of amides is 3. The van der Waals surface area contributed by atoms with Crippen LogP contribution in [0.5, 0.6) is 0 Å². The number of urea groups is 1. The predicted molar refractivity (Wildman–Crippen MR) is 102 cm³/mol. The van der Waals surface area contributed by atoms with Crippen LogP contribution >= 0.6 is 0 Å². The van der Waals surface area contributed by atoms with Crippen molar-refractivity contribution in [3.63, 3.8) is 0 Å². The molecule has 1 saturated heterocycles. The minimum absolute atomic E-state index is 0.0651. The zero-order valence-electron chi connectivity index (χ0n) is 15.8. The molecule has 3 heterocycles. The van der Waals surface area contributed by atoms with E-state index in [-0.39, 0.29) is 36.3 Å². The highest BCUT2D eigenvalue weighted by atomic mass is 19.1. The SMILES string of the molecule is O=C(Nc1cccc(F)c1)Nc1ccc2n(c1=O)C[C@H]1C[C@@H]2CN(C(=O)C(=O)[O-])C1. The summed E-state index contributed by atoms with van der Waals surface area (Å²) in [6.07, 6.45) is 0.739. The number of carbonyl (C=O) groups is 3. The van der Waals surface area contributed by atoms with Gasteiger partial charge in [0.05, 0.1) is 0 Å². The average molecular weight is 413 g/mol. The van der Waals surface area contributed by atoms with Crippen LogP contribution < -0.4 is 21.3 Å². The number of aliphatic carboxylic acids is 1. The second-order valence-electron chi connectivity index (χ2n) is 7.47. The van der Waals surface area contributed by atoms with Gasteiger partial charge < -0.3 is 30.0 Å². The fourth-order valence-corrected chi connectivity index (χ4v) is 4.19. The molecule has 0 spiro atoms. The Labute approximate surface area is 170 Å². The van der Waals surface area contributed by atoms with Crippen molar-refractivity contribution in [2.24, 2.45) is 5.92 Å². The summed E-state index contributed by atoms with van der Waals surface area (Å²) in [5.41, 5.74) is 0.604. The van der Waals surface area contributed by atoms with Crippen LogP contribution in [0.1, 0.15) is 18.0 Å². The molecular weight excluding hydrogens is 395 g/mol. The summed E-state index contributed by atoms with van der Waals surface area (Å²) in [5.74, 6) is -3.54. The summed E-state index contributed by atoms with van der Waals surface area (Å²) in [6.45, 7) is 0.727. The van der Waals surface area contributed by atoms with E-state index in [4.69, 9.17) is 0 Å². The first-order chi connectivity index (χ1) is 14.3. The van der Waals surface area contributed by atoms with Gasteiger partial charge in [-0.15, -0.1) is 0 Å². The molecular formula is C20H18FN4O5-. The lowest BCUT2D eigenvalue weighted by molar-refractivity contribution is -0.302. The van der Waals surface area contributed by atoms with Gasteiger partial charge in [-0.25, -0.2) is 9.18 Å². The number of pyridine rings is 1. The molecule has 4 rings (SSSR count). The lowest BCUT2D eigenvalue weighted by atomic mass is 9.83. The highest BCUT2D eigenvalue weighted by molar-refractivity contribution is 6.30. The van der Waals surface area contributed by atoms with Crippen LogP contribution in [0.3, 0.4) is 0 Å². The number of halogens is 1. The van der Waals surface area contributed by atoms with Gasteiger partial charge in [-0.1, -0.05) is 6.07 Å². The number of aromatic nitrogens is 1. The van der Waals surface area contributed by atoms with E-state index < -0.39 is 29.3 Å². The van der Waals surface area contributed by atoms with Gasteiger partial charge in [0, 0.05) is 36.9 Å². The number of rotatable bonds is 2. The molecule has 10 heteroatoms. The van der Waals surface area contributed by atoms with E-state index in [0.717, 1.165) is 12.5 Å². The summed E-state index contributed by atoms with van der Waals surface area (Å²) in [5, 5.41) is 15.8. The van der Waals surface area contributed by atoms with Crippen molar-refractivity contribution in [3.8, 4) is 0 Å². The summed E-state index contributed by atoms with van der Waals surface area (Å²) >= 11 is 0. The molecule has 0 radical (unpaired) electrons. The molecule has 0 unspecified atom stereocenters. The van der Waals surface area contributed by atoms with Crippen molar-refractivity contribution >= 4 is 29.3 Å². The first-order valence-electron chi connectivity index (χ1n) is 9.39. The second kappa shape index (κ2) is 7.62. The molecule has 3 amide bonds. The lowest BCUT2D eigenvalue weighted by Crippen LogP contribution is -2.53. The molecule has 2 N–H and O–H groups in total. The fraction of sp³-hybridized carbons (Fsp3) is 0.300. The Morgan fingerprint density at radius 2 is 1.87 bits per heavy atom. The van der Waals surface area contributed by atoms with Crippen molar-refractivity contribution in [2.75, 3.05) is 23.7 Å². The maximum absolute atomic E-state index is 13.2. The van der Waals surface area contributed by atoms with E-state index in [9.17, 15) is 28.7 Å². The Hall–Kier alpha value is -3.69. The summed E-state index contributed by atoms with van der Waals surface area (Å²) in [4.78, 5) is 49.0. The van der Waals surface area contributed by atoms with Crippen molar-refractivity contribution < 1.29 is 23.9 Å². The van der Waals surface area contributed by atoms with E-state index in [1.165, 1.54) is 29.2 Å². The molecule has 2 aromatic rings. The van der Waals surface area contributed by atoms with Crippen LogP contribution in [-0.4, -0.2) is 40.5 Å². The average Bonchev–Trinajstić information content (AvgIpc) is 2.69. The Kier molecular flexibility index (Phi) is 4.98. The first-order valence-corrected chi connectivity index (χ1v) is 9.39. The topological polar surface area (TPSA) is 124 Å². The Morgan fingerprint density at radius 1 is 1.07 bits per heavy atom. The quantitative estimate of drug-likeness (QED) is 0.687. The zero-order chi connectivity index (χ0) is 21.4. The Morgan fingerprint density at radius 3 is 2.60 bits per heavy atom. The molecule has 1 fully saturated rings. The van der Waals surface area contributed by atoms with Crippen LogP contribution in [0.4, 0.5) is 20.6 Å². The standard InChI is InChI=1S/C20H19FN4O5/c21-13-2-1-3-14(7-13)22-20(30)23-15-4-5-16-12-6-11(9-25(16)17(15)26)8-24(10-12)18(27)19(28)29/h1-5,7,11-12H,6,8-10H2,(H,28,29)(H2,22,23,30)/p-1/t11-,12+/m0/s1. The second-order valence-corrected chi connectivity index (χ2v) is 7.47. The van der Waals surface area contributed by atoms with Crippen LogP contribution in [0.25, 0.3) is 0 Å². The minimum Gasteiger partial charge on any atom is -0.540 e. The third-order valence-corrected chi connectivity index (χ3v) is 5.40. The molecule has 0 saturated carbocycles. The molecule has 1 aromatic carbocycles. The number of likely N-dealkylation sites (tertiary alicyclic amines) is 1. The molecule has 0 aliphatic carbocycles. The molecule has 2 atom stereocenters. The number of fused-ring (bicyclic) bond motifs is 4. The summed E-state index contributed by atoms with van der Waals surface area (Å²) in [7, 11) is 0. The van der Waals surface area contributed by atoms with Crippen molar-refractivity contribution in [3.05, 3.63) is 58.3 Å². The summed E-state index contributed by atoms with van der Waals surface area (Å²) < 4.78 is 14.8. The van der Waals surface area contributed by atoms with Gasteiger partial charge in [0.25, 0.3) is 11.5 Å². The van der Waals surface area contributed by atoms with Crippen LogP contribution in [0.15, 0.2) is 41.2 Å². The van der Waals surface area contributed by atoms with Crippen molar-refractivity contribution in [1.29, 1.82) is 0 Å². The predicted octanol–water partition coefficient (Wildman–Crippen LogP) is 0.327. The number of benzene rings is 1. The third kappa shape index (κ3) is 3.76. The number of hydrogen-bond donors (Lipinski definition) is 2. The number of carbonyl (C=O) groups excluding carboxylic acids is 3. The first kappa shape index (κ1) is 19.6. The molecule has 30 heavy (non-hydrogen) atoms. The minimum atomic E-state index is -1.74. The van der Waals surface area contributed by atoms with E-state index in [1.807, 2.05) is 0 Å². The number of nitrogens with zero attached hydrogens (tertiary/aromatic N) is 2. The Balaban J connectivity index is 1.52. The van der Waals surface area contributed by atoms with Gasteiger partial charge in [0.1, 0.15) is 17.5 Å². The van der Waals surface area contributed by atoms with Gasteiger partial charge >= 0.3 is 6.03 Å². The molecule has 9 nitrogen and oxygen atoms in total. The number of hydrogen-bond acceptors (Lipinski definition) is 5. The van der Waals surface area contributed by atoms with Gasteiger partial charge in [-0.3, -0.25) is 9.59 Å². The highest BCUT2D eigenvalue weighted by Gasteiger charge is 2.36. The van der Waals surface area contributed by atoms with Crippen LogP contribution in [0.2, 0.25) is 0 Å². The van der Waals surface area contributed by atoms with Crippen molar-refractivity contribution in [2.45, 2.75) is 18.9 Å². The normalized spacial score (nSPS) is 19.6. The van der Waals surface area contributed by atoms with Crippen LogP contribution in [-0.2, 0) is 16.1 Å². The van der Waals surface area contributed by atoms with Gasteiger partial charge in [-0.2, -0.15) is 0 Å². The van der Waals surface area contributed by atoms with Crippen LogP contribution in [0, 0.1) is 11.7 Å². The highest BCUT2D eigenvalue weighted by Crippen LogP contribution is 2.35. The molecule has 2 aliphatic rings. The monoisotopic (exact) mass is 413 g/mol. The third-order valence-electron chi connectivity index (χ3n) is 5.40. The number of nitrogens with one attached hydrogen (secondary N) is 2. The molecule has 2 bridgehead atoms. The van der Waals surface area contributed by atoms with Gasteiger partial charge in [0.2, 0.25) is 0 Å². The number of piperidine rings is 1. The van der Waals surface area contributed by atoms with E-state index in [1.54, 1.807) is 10.6 Å². The molecule has 156 valence electrons. The number of carboxylic acids is 1. The zero-order valence-corrected chi connectivity index (χ0v) is 15.8. The van der Waals surface area contributed by atoms with E-state index >= 15 is 0 Å². The largest absolute Gasteiger partial charge is 0.540 e. The van der Waals surface area contributed by atoms with E-state index in [2.05, 4.69) is 10.6 Å². The Bertz CT molecular complexity index is 1100. The number of carboxylic acid groups (broad SMARTS) is 1. The fourth-order valence-electron chi connectivity index (χ4n) is 4.19. The molecule has 2 aliphatic heterocycles. The van der Waals surface area contributed by atoms with E-state index in [0.29, 0.717) is 12.2 Å². The summed E-state index contributed by atoms with van der Waals surface area (Å²) in [6, 6.07) is 7.85. The van der Waals surface area contributed by atoms with Crippen molar-refractivity contribution in [1.82, 2.24) is 9.47 Å². The number of anilines is 2. The smallest absolute Gasteiger partial charge is 0.323 e.